The number of carbonyl (C=O) groups excluding carboxylic acids is 1. The van der Waals surface area contributed by atoms with Crippen LogP contribution in [0.15, 0.2) is 22.7 Å². The third-order valence-corrected chi connectivity index (χ3v) is 4.24. The highest BCUT2D eigenvalue weighted by molar-refractivity contribution is 9.10. The third kappa shape index (κ3) is 2.42. The fourth-order valence-corrected chi connectivity index (χ4v) is 2.85. The summed E-state index contributed by atoms with van der Waals surface area (Å²) in [5.41, 5.74) is 6.02. The molecule has 0 bridgehead atoms. The Morgan fingerprint density at radius 1 is 1.61 bits per heavy atom. The van der Waals surface area contributed by atoms with Crippen molar-refractivity contribution in [3.05, 3.63) is 34.1 Å². The Morgan fingerprint density at radius 3 is 2.94 bits per heavy atom. The van der Waals surface area contributed by atoms with E-state index in [1.807, 2.05) is 6.92 Å². The van der Waals surface area contributed by atoms with Crippen molar-refractivity contribution >= 4 is 21.8 Å². The minimum atomic E-state index is -0.414. The number of hydrogen-bond acceptors (Lipinski definition) is 2. The Balaban J connectivity index is 2.24. The zero-order valence-electron chi connectivity index (χ0n) is 10.2. The molecule has 2 N–H and O–H groups in total. The van der Waals surface area contributed by atoms with Gasteiger partial charge in [-0.25, -0.2) is 4.39 Å². The summed E-state index contributed by atoms with van der Waals surface area (Å²) in [5, 5.41) is 0. The lowest BCUT2D eigenvalue weighted by atomic mass is 10.1. The van der Waals surface area contributed by atoms with Crippen molar-refractivity contribution < 1.29 is 9.18 Å². The summed E-state index contributed by atoms with van der Waals surface area (Å²) in [5.74, 6) is -0.204. The topological polar surface area (TPSA) is 46.3 Å². The van der Waals surface area contributed by atoms with Gasteiger partial charge in [0.05, 0.1) is 10.0 Å². The van der Waals surface area contributed by atoms with Crippen molar-refractivity contribution in [1.29, 1.82) is 0 Å². The van der Waals surface area contributed by atoms with E-state index in [4.69, 9.17) is 5.73 Å². The predicted molar refractivity (Wildman–Crippen MR) is 71.8 cm³/mol. The first-order chi connectivity index (χ1) is 8.54. The molecule has 1 heterocycles. The highest BCUT2D eigenvalue weighted by atomic mass is 79.9. The van der Waals surface area contributed by atoms with E-state index in [0.717, 1.165) is 6.42 Å². The second-order valence-corrected chi connectivity index (χ2v) is 5.54. The van der Waals surface area contributed by atoms with Gasteiger partial charge in [0.25, 0.3) is 5.91 Å². The molecule has 0 aliphatic carbocycles. The summed E-state index contributed by atoms with van der Waals surface area (Å²) < 4.78 is 13.7. The van der Waals surface area contributed by atoms with Crippen LogP contribution in [0.25, 0.3) is 0 Å². The van der Waals surface area contributed by atoms with Gasteiger partial charge in [-0.05, 0) is 53.9 Å². The van der Waals surface area contributed by atoms with Gasteiger partial charge in [-0.15, -0.1) is 0 Å². The van der Waals surface area contributed by atoms with Gasteiger partial charge in [-0.2, -0.15) is 0 Å². The zero-order chi connectivity index (χ0) is 13.3. The third-order valence-electron chi connectivity index (χ3n) is 3.44. The summed E-state index contributed by atoms with van der Waals surface area (Å²) >= 11 is 3.13. The summed E-state index contributed by atoms with van der Waals surface area (Å²) in [7, 11) is 0. The molecule has 5 heteroatoms. The second kappa shape index (κ2) is 5.36. The molecule has 0 saturated carbocycles. The van der Waals surface area contributed by atoms with Gasteiger partial charge in [-0.1, -0.05) is 6.07 Å². The van der Waals surface area contributed by atoms with Crippen LogP contribution in [0.5, 0.6) is 0 Å². The highest BCUT2D eigenvalue weighted by Crippen LogP contribution is 2.27. The molecule has 2 unspecified atom stereocenters. The largest absolute Gasteiger partial charge is 0.336 e. The maximum absolute atomic E-state index is 13.4. The SMILES string of the molecule is CC1CC(CN)CN1C(=O)c1cccc(F)c1Br. The highest BCUT2D eigenvalue weighted by Gasteiger charge is 2.33. The molecule has 1 fully saturated rings. The summed E-state index contributed by atoms with van der Waals surface area (Å²) in [4.78, 5) is 14.2. The van der Waals surface area contributed by atoms with Gasteiger partial charge in [0.15, 0.2) is 0 Å². The van der Waals surface area contributed by atoms with Gasteiger partial charge in [0.2, 0.25) is 0 Å². The van der Waals surface area contributed by atoms with Crippen LogP contribution >= 0.6 is 15.9 Å². The van der Waals surface area contributed by atoms with Gasteiger partial charge in [-0.3, -0.25) is 4.79 Å². The van der Waals surface area contributed by atoms with E-state index in [9.17, 15) is 9.18 Å². The smallest absolute Gasteiger partial charge is 0.255 e. The fourth-order valence-electron chi connectivity index (χ4n) is 2.42. The van der Waals surface area contributed by atoms with Crippen molar-refractivity contribution in [1.82, 2.24) is 4.90 Å². The average molecular weight is 315 g/mol. The minimum absolute atomic E-state index is 0.134. The first-order valence-corrected chi connectivity index (χ1v) is 6.79. The molecule has 3 nitrogen and oxygen atoms in total. The molecular weight excluding hydrogens is 299 g/mol. The maximum Gasteiger partial charge on any atom is 0.255 e. The Morgan fingerprint density at radius 2 is 2.33 bits per heavy atom. The van der Waals surface area contributed by atoms with Gasteiger partial charge in [0, 0.05) is 12.6 Å². The molecule has 98 valence electrons. The van der Waals surface area contributed by atoms with Crippen LogP contribution in [0.3, 0.4) is 0 Å². The Kier molecular flexibility index (Phi) is 4.02. The van der Waals surface area contributed by atoms with Crippen LogP contribution in [-0.2, 0) is 0 Å². The van der Waals surface area contributed by atoms with Crippen molar-refractivity contribution in [3.8, 4) is 0 Å². The molecule has 0 spiro atoms. The van der Waals surface area contributed by atoms with Crippen LogP contribution in [0.1, 0.15) is 23.7 Å². The van der Waals surface area contributed by atoms with E-state index in [0.29, 0.717) is 24.6 Å². The Hall–Kier alpha value is -0.940. The summed E-state index contributed by atoms with van der Waals surface area (Å²) in [6.07, 6.45) is 0.912. The molecule has 0 aromatic heterocycles. The van der Waals surface area contributed by atoms with E-state index >= 15 is 0 Å². The van der Waals surface area contributed by atoms with E-state index in [2.05, 4.69) is 15.9 Å². The molecule has 0 radical (unpaired) electrons. The van der Waals surface area contributed by atoms with E-state index in [-0.39, 0.29) is 16.4 Å². The number of nitrogens with zero attached hydrogens (tertiary/aromatic N) is 1. The van der Waals surface area contributed by atoms with Crippen molar-refractivity contribution in [2.75, 3.05) is 13.1 Å². The minimum Gasteiger partial charge on any atom is -0.336 e. The van der Waals surface area contributed by atoms with Crippen LogP contribution in [0.4, 0.5) is 4.39 Å². The Bertz CT molecular complexity index is 466. The van der Waals surface area contributed by atoms with Crippen molar-refractivity contribution in [2.45, 2.75) is 19.4 Å². The van der Waals surface area contributed by atoms with Crippen LogP contribution in [0, 0.1) is 11.7 Å². The van der Waals surface area contributed by atoms with Gasteiger partial charge < -0.3 is 10.6 Å². The Labute approximate surface area is 114 Å². The first-order valence-electron chi connectivity index (χ1n) is 5.99. The predicted octanol–water partition coefficient (Wildman–Crippen LogP) is 2.40. The van der Waals surface area contributed by atoms with Crippen LogP contribution < -0.4 is 5.73 Å². The quantitative estimate of drug-likeness (QED) is 0.911. The fraction of sp³-hybridized carbons (Fsp3) is 0.462. The number of benzene rings is 1. The molecule has 1 aliphatic rings. The van der Waals surface area contributed by atoms with Crippen molar-refractivity contribution in [2.24, 2.45) is 11.7 Å². The van der Waals surface area contributed by atoms with Gasteiger partial charge >= 0.3 is 0 Å². The lowest BCUT2D eigenvalue weighted by Crippen LogP contribution is -2.34. The lowest BCUT2D eigenvalue weighted by Gasteiger charge is -2.22. The molecular formula is C13H16BrFN2O. The number of hydrogen-bond donors (Lipinski definition) is 1. The number of rotatable bonds is 2. The number of nitrogens with two attached hydrogens (primary N) is 1. The normalized spacial score (nSPS) is 23.4. The molecule has 18 heavy (non-hydrogen) atoms. The number of likely N-dealkylation sites (tertiary alicyclic amines) is 1. The standard InChI is InChI=1S/C13H16BrFN2O/c1-8-5-9(6-16)7-17(8)13(18)10-3-2-4-11(15)12(10)14/h2-4,8-9H,5-7,16H2,1H3. The summed E-state index contributed by atoms with van der Waals surface area (Å²) in [6.45, 7) is 3.23. The molecule has 1 aliphatic heterocycles. The van der Waals surface area contributed by atoms with Crippen LogP contribution in [0.2, 0.25) is 0 Å². The molecule has 1 aromatic rings. The monoisotopic (exact) mass is 314 g/mol. The number of halogens is 2. The van der Waals surface area contributed by atoms with E-state index in [1.54, 1.807) is 17.0 Å². The maximum atomic E-state index is 13.4. The lowest BCUT2D eigenvalue weighted by molar-refractivity contribution is 0.0742. The molecule has 2 atom stereocenters. The first kappa shape index (κ1) is 13.5. The zero-order valence-corrected chi connectivity index (χ0v) is 11.8. The van der Waals surface area contributed by atoms with E-state index in [1.165, 1.54) is 6.07 Å². The molecule has 1 amide bonds. The number of carbonyl (C=O) groups is 1. The average Bonchev–Trinajstić information content (AvgIpc) is 2.73. The molecule has 2 rings (SSSR count). The number of amides is 1. The van der Waals surface area contributed by atoms with Gasteiger partial charge in [0.1, 0.15) is 5.82 Å². The molecule has 1 aromatic carbocycles. The van der Waals surface area contributed by atoms with Crippen LogP contribution in [-0.4, -0.2) is 29.9 Å². The van der Waals surface area contributed by atoms with Crippen molar-refractivity contribution in [3.63, 3.8) is 0 Å². The van der Waals surface area contributed by atoms with E-state index < -0.39 is 5.82 Å². The summed E-state index contributed by atoms with van der Waals surface area (Å²) in [6, 6.07) is 4.67. The molecule has 1 saturated heterocycles. The second-order valence-electron chi connectivity index (χ2n) is 4.75.